The Kier molecular flexibility index (Phi) is 4.70. The summed E-state index contributed by atoms with van der Waals surface area (Å²) in [6.07, 6.45) is -3.21. The molecule has 0 radical (unpaired) electrons. The maximum absolute atomic E-state index is 12.7. The summed E-state index contributed by atoms with van der Waals surface area (Å²) < 4.78 is 43.8. The predicted molar refractivity (Wildman–Crippen MR) is 71.4 cm³/mol. The second kappa shape index (κ2) is 6.14. The molecule has 2 nitrogen and oxygen atoms in total. The smallest absolute Gasteiger partial charge is 0.374 e. The first-order chi connectivity index (χ1) is 9.38. The van der Waals surface area contributed by atoms with Crippen LogP contribution in [0.3, 0.4) is 0 Å². The monoisotopic (exact) mass is 287 g/mol. The molecule has 1 aromatic rings. The molecule has 0 bridgehead atoms. The van der Waals surface area contributed by atoms with Crippen LogP contribution in [-0.4, -0.2) is 24.9 Å². The van der Waals surface area contributed by atoms with Gasteiger partial charge in [-0.15, -0.1) is 0 Å². The van der Waals surface area contributed by atoms with Crippen molar-refractivity contribution in [2.75, 3.05) is 13.2 Å². The second-order valence-electron chi connectivity index (χ2n) is 5.57. The summed E-state index contributed by atoms with van der Waals surface area (Å²) in [7, 11) is 0. The number of hydrogen-bond donors (Lipinski definition) is 1. The maximum Gasteiger partial charge on any atom is 0.390 e. The first-order valence-electron chi connectivity index (χ1n) is 6.87. The van der Waals surface area contributed by atoms with Crippen molar-refractivity contribution in [2.24, 2.45) is 0 Å². The Morgan fingerprint density at radius 1 is 1.30 bits per heavy atom. The Morgan fingerprint density at radius 3 is 2.55 bits per heavy atom. The van der Waals surface area contributed by atoms with Gasteiger partial charge in [-0.1, -0.05) is 30.3 Å². The fraction of sp³-hybridized carbons (Fsp3) is 0.600. The van der Waals surface area contributed by atoms with Crippen LogP contribution in [0.5, 0.6) is 0 Å². The number of ether oxygens (including phenoxy) is 1. The lowest BCUT2D eigenvalue weighted by Crippen LogP contribution is -2.40. The standard InChI is InChI=1S/C15H20F3NO/c1-14(8-5-9-20-14)11-19-13(10-15(16,17)18)12-6-3-2-4-7-12/h2-4,6-7,13,19H,5,8-11H2,1H3. The van der Waals surface area contributed by atoms with E-state index in [0.717, 1.165) is 12.8 Å². The Morgan fingerprint density at radius 2 is 2.00 bits per heavy atom. The second-order valence-corrected chi connectivity index (χ2v) is 5.57. The predicted octanol–water partition coefficient (Wildman–Crippen LogP) is 3.84. The lowest BCUT2D eigenvalue weighted by molar-refractivity contribution is -0.141. The summed E-state index contributed by atoms with van der Waals surface area (Å²) in [5, 5.41) is 3.03. The van der Waals surface area contributed by atoms with Crippen LogP contribution in [0.15, 0.2) is 30.3 Å². The summed E-state index contributed by atoms with van der Waals surface area (Å²) in [5.74, 6) is 0. The van der Waals surface area contributed by atoms with E-state index in [1.807, 2.05) is 6.92 Å². The first kappa shape index (κ1) is 15.3. The molecule has 1 fully saturated rings. The van der Waals surface area contributed by atoms with Gasteiger partial charge >= 0.3 is 6.18 Å². The van der Waals surface area contributed by atoms with E-state index in [0.29, 0.717) is 18.7 Å². The fourth-order valence-electron chi connectivity index (χ4n) is 2.54. The van der Waals surface area contributed by atoms with E-state index in [4.69, 9.17) is 4.74 Å². The van der Waals surface area contributed by atoms with Crippen LogP contribution in [0, 0.1) is 0 Å². The zero-order valence-electron chi connectivity index (χ0n) is 11.5. The van der Waals surface area contributed by atoms with E-state index >= 15 is 0 Å². The first-order valence-corrected chi connectivity index (χ1v) is 6.87. The SMILES string of the molecule is CC1(CNC(CC(F)(F)F)c2ccccc2)CCCO1. The molecule has 5 heteroatoms. The molecule has 2 unspecified atom stereocenters. The van der Waals surface area contributed by atoms with Gasteiger partial charge in [-0.3, -0.25) is 0 Å². The van der Waals surface area contributed by atoms with Crippen molar-refractivity contribution in [3.63, 3.8) is 0 Å². The molecule has 1 N–H and O–H groups in total. The number of nitrogens with one attached hydrogen (secondary N) is 1. The van der Waals surface area contributed by atoms with Gasteiger partial charge in [0.05, 0.1) is 12.0 Å². The largest absolute Gasteiger partial charge is 0.390 e. The van der Waals surface area contributed by atoms with Gasteiger partial charge in [-0.25, -0.2) is 0 Å². The van der Waals surface area contributed by atoms with Crippen LogP contribution < -0.4 is 5.32 Å². The van der Waals surface area contributed by atoms with Crippen LogP contribution in [0.1, 0.15) is 37.8 Å². The van der Waals surface area contributed by atoms with Crippen LogP contribution in [-0.2, 0) is 4.74 Å². The van der Waals surface area contributed by atoms with Crippen molar-refractivity contribution in [1.29, 1.82) is 0 Å². The summed E-state index contributed by atoms with van der Waals surface area (Å²) in [4.78, 5) is 0. The van der Waals surface area contributed by atoms with E-state index in [-0.39, 0.29) is 5.60 Å². The summed E-state index contributed by atoms with van der Waals surface area (Å²) in [6.45, 7) is 3.07. The van der Waals surface area contributed by atoms with Crippen LogP contribution >= 0.6 is 0 Å². The molecule has 2 rings (SSSR count). The molecule has 1 aliphatic heterocycles. The van der Waals surface area contributed by atoms with Crippen molar-refractivity contribution in [3.8, 4) is 0 Å². The van der Waals surface area contributed by atoms with Crippen molar-refractivity contribution < 1.29 is 17.9 Å². The van der Waals surface area contributed by atoms with Gasteiger partial charge in [0.15, 0.2) is 0 Å². The summed E-state index contributed by atoms with van der Waals surface area (Å²) in [6, 6.07) is 8.04. The highest BCUT2D eigenvalue weighted by atomic mass is 19.4. The lowest BCUT2D eigenvalue weighted by atomic mass is 9.99. The number of rotatable bonds is 5. The molecule has 112 valence electrons. The molecule has 0 aromatic heterocycles. The van der Waals surface area contributed by atoms with Gasteiger partial charge in [0.2, 0.25) is 0 Å². The van der Waals surface area contributed by atoms with Crippen molar-refractivity contribution in [2.45, 2.75) is 44.0 Å². The van der Waals surface area contributed by atoms with Gasteiger partial charge in [0, 0.05) is 19.2 Å². The van der Waals surface area contributed by atoms with E-state index < -0.39 is 18.6 Å². The average molecular weight is 287 g/mol. The quantitative estimate of drug-likeness (QED) is 0.888. The molecule has 2 atom stereocenters. The minimum atomic E-state index is -4.19. The van der Waals surface area contributed by atoms with Crippen LogP contribution in [0.2, 0.25) is 0 Å². The number of halogens is 3. The Bertz CT molecular complexity index is 413. The minimum absolute atomic E-state index is 0.349. The minimum Gasteiger partial charge on any atom is -0.374 e. The zero-order chi connectivity index (χ0) is 14.6. The molecule has 0 saturated carbocycles. The molecular weight excluding hydrogens is 267 g/mol. The molecule has 20 heavy (non-hydrogen) atoms. The fourth-order valence-corrected chi connectivity index (χ4v) is 2.54. The third kappa shape index (κ3) is 4.49. The summed E-state index contributed by atoms with van der Waals surface area (Å²) in [5.41, 5.74) is 0.310. The molecule has 0 amide bonds. The van der Waals surface area contributed by atoms with Gasteiger partial charge in [0.1, 0.15) is 0 Å². The average Bonchev–Trinajstić information content (AvgIpc) is 2.82. The molecule has 0 spiro atoms. The molecule has 1 aromatic carbocycles. The van der Waals surface area contributed by atoms with E-state index in [2.05, 4.69) is 5.32 Å². The van der Waals surface area contributed by atoms with Crippen LogP contribution in [0.4, 0.5) is 13.2 Å². The Labute approximate surface area is 117 Å². The molecular formula is C15H20F3NO. The van der Waals surface area contributed by atoms with Gasteiger partial charge in [0.25, 0.3) is 0 Å². The number of alkyl halides is 3. The van der Waals surface area contributed by atoms with E-state index in [1.165, 1.54) is 0 Å². The van der Waals surface area contributed by atoms with Crippen LogP contribution in [0.25, 0.3) is 0 Å². The van der Waals surface area contributed by atoms with Gasteiger partial charge < -0.3 is 10.1 Å². The van der Waals surface area contributed by atoms with Crippen molar-refractivity contribution in [3.05, 3.63) is 35.9 Å². The highest BCUT2D eigenvalue weighted by Gasteiger charge is 2.35. The maximum atomic E-state index is 12.7. The number of benzene rings is 1. The molecule has 1 saturated heterocycles. The number of hydrogen-bond acceptors (Lipinski definition) is 2. The topological polar surface area (TPSA) is 21.3 Å². The summed E-state index contributed by atoms with van der Waals surface area (Å²) >= 11 is 0. The lowest BCUT2D eigenvalue weighted by Gasteiger charge is -2.28. The van der Waals surface area contributed by atoms with Gasteiger partial charge in [-0.2, -0.15) is 13.2 Å². The third-order valence-corrected chi connectivity index (χ3v) is 3.66. The Balaban J connectivity index is 2.03. The van der Waals surface area contributed by atoms with Crippen molar-refractivity contribution >= 4 is 0 Å². The van der Waals surface area contributed by atoms with E-state index in [1.54, 1.807) is 30.3 Å². The highest BCUT2D eigenvalue weighted by molar-refractivity contribution is 5.19. The third-order valence-electron chi connectivity index (χ3n) is 3.66. The van der Waals surface area contributed by atoms with Gasteiger partial charge in [-0.05, 0) is 25.3 Å². The van der Waals surface area contributed by atoms with Crippen molar-refractivity contribution in [1.82, 2.24) is 5.32 Å². The molecule has 1 heterocycles. The van der Waals surface area contributed by atoms with E-state index in [9.17, 15) is 13.2 Å². The highest BCUT2D eigenvalue weighted by Crippen LogP contribution is 2.31. The molecule has 0 aliphatic carbocycles. The Hall–Kier alpha value is -1.07. The normalized spacial score (nSPS) is 24.8. The molecule has 1 aliphatic rings. The zero-order valence-corrected chi connectivity index (χ0v) is 11.5.